The van der Waals surface area contributed by atoms with Gasteiger partial charge in [0.1, 0.15) is 5.75 Å². The van der Waals surface area contributed by atoms with Crippen molar-refractivity contribution in [3.63, 3.8) is 0 Å². The lowest BCUT2D eigenvalue weighted by Crippen LogP contribution is -2.49. The Labute approximate surface area is 134 Å². The summed E-state index contributed by atoms with van der Waals surface area (Å²) in [5.41, 5.74) is 6.47. The van der Waals surface area contributed by atoms with Gasteiger partial charge in [0.15, 0.2) is 0 Å². The van der Waals surface area contributed by atoms with Crippen LogP contribution in [0.3, 0.4) is 0 Å². The Morgan fingerprint density at radius 3 is 2.22 bits per heavy atom. The number of hydrogen-bond acceptors (Lipinski definition) is 3. The van der Waals surface area contributed by atoms with Gasteiger partial charge in [-0.3, -0.25) is 4.79 Å². The summed E-state index contributed by atoms with van der Waals surface area (Å²) in [6, 6.07) is 5.50. The molecule has 0 heterocycles. The van der Waals surface area contributed by atoms with Crippen LogP contribution in [0.25, 0.3) is 0 Å². The zero-order valence-corrected chi connectivity index (χ0v) is 13.4. The molecule has 0 bridgehead atoms. The van der Waals surface area contributed by atoms with E-state index < -0.39 is 11.9 Å². The molecule has 1 rings (SSSR count). The first-order valence-corrected chi connectivity index (χ1v) is 7.57. The van der Waals surface area contributed by atoms with Gasteiger partial charge in [0.25, 0.3) is 0 Å². The van der Waals surface area contributed by atoms with Crippen LogP contribution in [0, 0.1) is 0 Å². The van der Waals surface area contributed by atoms with Crippen molar-refractivity contribution in [3.05, 3.63) is 29.8 Å². The lowest BCUT2D eigenvalue weighted by molar-refractivity contribution is -0.274. The quantitative estimate of drug-likeness (QED) is 0.769. The third-order valence-corrected chi connectivity index (χ3v) is 3.84. The minimum Gasteiger partial charge on any atom is -0.406 e. The summed E-state index contributed by atoms with van der Waals surface area (Å²) < 4.78 is 39.9. The number of ether oxygens (including phenoxy) is 1. The molecule has 0 aliphatic rings. The van der Waals surface area contributed by atoms with E-state index >= 15 is 0 Å². The highest BCUT2D eigenvalue weighted by Gasteiger charge is 2.30. The zero-order chi connectivity index (χ0) is 17.5. The van der Waals surface area contributed by atoms with E-state index in [9.17, 15) is 18.0 Å². The van der Waals surface area contributed by atoms with Crippen LogP contribution in [0.15, 0.2) is 24.3 Å². The summed E-state index contributed by atoms with van der Waals surface area (Å²) in [5, 5.41) is 2.80. The first kappa shape index (κ1) is 19.3. The molecule has 1 aromatic rings. The highest BCUT2D eigenvalue weighted by Crippen LogP contribution is 2.23. The lowest BCUT2D eigenvalue weighted by Gasteiger charge is -2.26. The predicted octanol–water partition coefficient (Wildman–Crippen LogP) is 3.15. The molecule has 0 aromatic heterocycles. The average molecular weight is 332 g/mol. The van der Waals surface area contributed by atoms with E-state index in [1.807, 2.05) is 13.8 Å². The van der Waals surface area contributed by atoms with Gasteiger partial charge in [0.2, 0.25) is 5.91 Å². The molecule has 4 nitrogen and oxygen atoms in total. The Hall–Kier alpha value is -1.76. The van der Waals surface area contributed by atoms with Crippen molar-refractivity contribution < 1.29 is 22.7 Å². The molecule has 130 valence electrons. The first-order chi connectivity index (χ1) is 10.7. The summed E-state index contributed by atoms with van der Waals surface area (Å²) >= 11 is 0. The normalized spacial score (nSPS) is 12.1. The van der Waals surface area contributed by atoms with Gasteiger partial charge in [-0.1, -0.05) is 26.0 Å². The van der Waals surface area contributed by atoms with E-state index in [1.54, 1.807) is 0 Å². The topological polar surface area (TPSA) is 64.3 Å². The number of nitrogens with two attached hydrogens (primary N) is 1. The molecule has 0 saturated heterocycles. The largest absolute Gasteiger partial charge is 0.573 e. The van der Waals surface area contributed by atoms with Crippen molar-refractivity contribution in [2.45, 2.75) is 51.4 Å². The van der Waals surface area contributed by atoms with Gasteiger partial charge in [0, 0.05) is 18.5 Å². The van der Waals surface area contributed by atoms with Crippen molar-refractivity contribution >= 4 is 5.91 Å². The van der Waals surface area contributed by atoms with Crippen molar-refractivity contribution in [2.75, 3.05) is 6.54 Å². The molecular formula is C16H23F3N2O2. The Balaban J connectivity index is 2.41. The number of rotatable bonds is 8. The number of alkyl halides is 3. The highest BCUT2D eigenvalue weighted by atomic mass is 19.4. The third-order valence-electron chi connectivity index (χ3n) is 3.84. The number of carbonyl (C=O) groups is 1. The van der Waals surface area contributed by atoms with E-state index in [2.05, 4.69) is 10.1 Å². The number of halogens is 3. The molecule has 0 spiro atoms. The molecule has 0 saturated carbocycles. The fraction of sp³-hybridized carbons (Fsp3) is 0.562. The second-order valence-electron chi connectivity index (χ2n) is 5.54. The van der Waals surface area contributed by atoms with Crippen LogP contribution < -0.4 is 15.8 Å². The van der Waals surface area contributed by atoms with Crippen LogP contribution in [0.4, 0.5) is 13.2 Å². The van der Waals surface area contributed by atoms with Crippen molar-refractivity contribution in [2.24, 2.45) is 5.73 Å². The van der Waals surface area contributed by atoms with Crippen molar-refractivity contribution in [1.29, 1.82) is 0 Å². The van der Waals surface area contributed by atoms with Crippen molar-refractivity contribution in [3.8, 4) is 5.75 Å². The van der Waals surface area contributed by atoms with Gasteiger partial charge < -0.3 is 15.8 Å². The summed E-state index contributed by atoms with van der Waals surface area (Å²) in [5.74, 6) is -0.401. The smallest absolute Gasteiger partial charge is 0.406 e. The second-order valence-corrected chi connectivity index (χ2v) is 5.54. The van der Waals surface area contributed by atoms with E-state index in [0.717, 1.165) is 18.4 Å². The molecule has 0 atom stereocenters. The monoisotopic (exact) mass is 332 g/mol. The Kier molecular flexibility index (Phi) is 6.87. The van der Waals surface area contributed by atoms with E-state index in [-0.39, 0.29) is 18.1 Å². The molecule has 0 aliphatic carbocycles. The SMILES string of the molecule is CCC(N)(CC)CNC(=O)CCc1ccc(OC(F)(F)F)cc1. The molecule has 0 aliphatic heterocycles. The lowest BCUT2D eigenvalue weighted by atomic mass is 9.94. The fourth-order valence-electron chi connectivity index (χ4n) is 1.98. The molecule has 0 fully saturated rings. The fourth-order valence-corrected chi connectivity index (χ4v) is 1.98. The molecule has 1 aromatic carbocycles. The van der Waals surface area contributed by atoms with Gasteiger partial charge in [-0.05, 0) is 37.0 Å². The summed E-state index contributed by atoms with van der Waals surface area (Å²) in [6.45, 7) is 4.36. The average Bonchev–Trinajstić information content (AvgIpc) is 2.50. The van der Waals surface area contributed by atoms with Crippen LogP contribution >= 0.6 is 0 Å². The Bertz CT molecular complexity index is 497. The zero-order valence-electron chi connectivity index (χ0n) is 13.4. The van der Waals surface area contributed by atoms with E-state index in [0.29, 0.717) is 13.0 Å². The minimum absolute atomic E-state index is 0.127. The number of nitrogens with one attached hydrogen (secondary N) is 1. The van der Waals surface area contributed by atoms with Gasteiger partial charge in [-0.15, -0.1) is 13.2 Å². The summed E-state index contributed by atoms with van der Waals surface area (Å²) in [7, 11) is 0. The molecule has 23 heavy (non-hydrogen) atoms. The van der Waals surface area contributed by atoms with Gasteiger partial charge in [-0.2, -0.15) is 0 Å². The molecule has 0 unspecified atom stereocenters. The molecule has 7 heteroatoms. The van der Waals surface area contributed by atoms with Crippen LogP contribution in [0.1, 0.15) is 38.7 Å². The Morgan fingerprint density at radius 1 is 1.17 bits per heavy atom. The predicted molar refractivity (Wildman–Crippen MR) is 82.0 cm³/mol. The van der Waals surface area contributed by atoms with Crippen LogP contribution in [-0.4, -0.2) is 24.4 Å². The van der Waals surface area contributed by atoms with Crippen LogP contribution in [0.2, 0.25) is 0 Å². The molecule has 1 amide bonds. The van der Waals surface area contributed by atoms with E-state index in [1.165, 1.54) is 24.3 Å². The van der Waals surface area contributed by atoms with E-state index in [4.69, 9.17) is 5.73 Å². The van der Waals surface area contributed by atoms with Crippen LogP contribution in [-0.2, 0) is 11.2 Å². The number of hydrogen-bond donors (Lipinski definition) is 2. The number of aryl methyl sites for hydroxylation is 1. The number of amides is 1. The van der Waals surface area contributed by atoms with Gasteiger partial charge >= 0.3 is 6.36 Å². The summed E-state index contributed by atoms with van der Waals surface area (Å²) in [4.78, 5) is 11.8. The molecular weight excluding hydrogens is 309 g/mol. The molecule has 0 radical (unpaired) electrons. The highest BCUT2D eigenvalue weighted by molar-refractivity contribution is 5.76. The maximum atomic E-state index is 12.0. The minimum atomic E-state index is -4.70. The third kappa shape index (κ3) is 7.36. The first-order valence-electron chi connectivity index (χ1n) is 7.57. The van der Waals surface area contributed by atoms with Gasteiger partial charge in [-0.25, -0.2) is 0 Å². The van der Waals surface area contributed by atoms with Crippen molar-refractivity contribution in [1.82, 2.24) is 5.32 Å². The molecule has 3 N–H and O–H groups in total. The maximum Gasteiger partial charge on any atom is 0.573 e. The number of carbonyl (C=O) groups excluding carboxylic acids is 1. The Morgan fingerprint density at radius 2 is 1.74 bits per heavy atom. The standard InChI is InChI=1S/C16H23F3N2O2/c1-3-15(20,4-2)11-21-14(22)10-7-12-5-8-13(9-6-12)23-16(17,18)19/h5-6,8-9H,3-4,7,10-11,20H2,1-2H3,(H,21,22). The second kappa shape index (κ2) is 8.19. The van der Waals surface area contributed by atoms with Gasteiger partial charge in [0.05, 0.1) is 0 Å². The van der Waals surface area contributed by atoms with Crippen LogP contribution in [0.5, 0.6) is 5.75 Å². The maximum absolute atomic E-state index is 12.0. The summed E-state index contributed by atoms with van der Waals surface area (Å²) in [6.07, 6.45) is -2.47. The number of benzene rings is 1.